The van der Waals surface area contributed by atoms with Crippen LogP contribution in [0.3, 0.4) is 0 Å². The molecule has 0 unspecified atom stereocenters. The number of carbonyl (C=O) groups excluding carboxylic acids is 1. The van der Waals surface area contributed by atoms with Crippen LogP contribution in [-0.2, 0) is 0 Å². The molecule has 2 heterocycles. The summed E-state index contributed by atoms with van der Waals surface area (Å²) in [6.07, 6.45) is 6.16. The fraction of sp³-hybridized carbons (Fsp3) is 0.353. The number of nitrogens with one attached hydrogen (secondary N) is 2. The smallest absolute Gasteiger partial charge is 0.296 e. The van der Waals surface area contributed by atoms with Gasteiger partial charge in [-0.15, -0.1) is 10.2 Å². The third kappa shape index (κ3) is 2.97. The van der Waals surface area contributed by atoms with E-state index in [2.05, 4.69) is 30.7 Å². The minimum atomic E-state index is -0.407. The Kier molecular flexibility index (Phi) is 3.90. The topological polar surface area (TPSA) is 96.5 Å². The molecule has 3 aromatic rings. The first kappa shape index (κ1) is 14.7. The van der Waals surface area contributed by atoms with Crippen molar-refractivity contribution in [3.8, 4) is 0 Å². The first-order valence-corrected chi connectivity index (χ1v) is 8.26. The van der Waals surface area contributed by atoms with Crippen LogP contribution in [0.5, 0.6) is 0 Å². The summed E-state index contributed by atoms with van der Waals surface area (Å²) in [5, 5.41) is 17.9. The Morgan fingerprint density at radius 2 is 1.88 bits per heavy atom. The lowest BCUT2D eigenvalue weighted by Gasteiger charge is -2.19. The number of benzene rings is 1. The predicted molar refractivity (Wildman–Crippen MR) is 89.7 cm³/mol. The maximum atomic E-state index is 12.3. The molecule has 1 aromatic carbocycles. The number of fused-ring (bicyclic) bond motifs is 1. The Morgan fingerprint density at radius 3 is 2.71 bits per heavy atom. The highest BCUT2D eigenvalue weighted by Crippen LogP contribution is 2.32. The van der Waals surface area contributed by atoms with Gasteiger partial charge in [-0.3, -0.25) is 9.89 Å². The van der Waals surface area contributed by atoms with Crippen LogP contribution in [0.25, 0.3) is 11.0 Å². The fourth-order valence-corrected chi connectivity index (χ4v) is 3.17. The van der Waals surface area contributed by atoms with Gasteiger partial charge < -0.3 is 5.32 Å². The number of hydrogen-bond acceptors (Lipinski definition) is 5. The summed E-state index contributed by atoms with van der Waals surface area (Å²) >= 11 is 0. The van der Waals surface area contributed by atoms with Gasteiger partial charge in [-0.05, 0) is 25.0 Å². The van der Waals surface area contributed by atoms with Gasteiger partial charge in [0.2, 0.25) is 5.82 Å². The summed E-state index contributed by atoms with van der Waals surface area (Å²) in [5.74, 6) is 0.638. The van der Waals surface area contributed by atoms with Crippen LogP contribution in [0.4, 0.5) is 5.82 Å². The molecular formula is C17H18N6O. The Hall–Kier alpha value is -2.83. The molecule has 0 atom stereocenters. The second-order valence-corrected chi connectivity index (χ2v) is 6.12. The van der Waals surface area contributed by atoms with Gasteiger partial charge in [-0.2, -0.15) is 5.10 Å². The van der Waals surface area contributed by atoms with Crippen molar-refractivity contribution in [2.24, 2.45) is 0 Å². The van der Waals surface area contributed by atoms with Crippen LogP contribution in [-0.4, -0.2) is 31.3 Å². The second-order valence-electron chi connectivity index (χ2n) is 6.12. The van der Waals surface area contributed by atoms with Crippen molar-refractivity contribution in [3.05, 3.63) is 41.9 Å². The molecule has 2 N–H and O–H groups in total. The molecule has 1 aliphatic carbocycles. The Morgan fingerprint density at radius 1 is 1.08 bits per heavy atom. The molecule has 2 aromatic heterocycles. The molecule has 0 spiro atoms. The Bertz CT molecular complexity index is 868. The standard InChI is InChI=1S/C17H18N6O/c24-17(16-18-12-8-4-5-9-13(12)20-23-16)19-15-10-14(21-22-15)11-6-2-1-3-7-11/h4-5,8-11H,1-3,6-7H2,(H2,19,21,22,24). The summed E-state index contributed by atoms with van der Waals surface area (Å²) < 4.78 is 0. The molecule has 0 radical (unpaired) electrons. The van der Waals surface area contributed by atoms with Crippen LogP contribution in [0.1, 0.15) is 54.3 Å². The van der Waals surface area contributed by atoms with Crippen LogP contribution in [0, 0.1) is 0 Å². The van der Waals surface area contributed by atoms with Gasteiger partial charge in [0.15, 0.2) is 5.82 Å². The first-order chi connectivity index (χ1) is 11.8. The number of H-pyrrole nitrogens is 1. The summed E-state index contributed by atoms with van der Waals surface area (Å²) in [6, 6.07) is 9.22. The van der Waals surface area contributed by atoms with E-state index in [9.17, 15) is 4.79 Å². The number of nitrogens with zero attached hydrogens (tertiary/aromatic N) is 4. The third-order valence-electron chi connectivity index (χ3n) is 4.45. The normalized spacial score (nSPS) is 15.5. The zero-order chi connectivity index (χ0) is 16.4. The summed E-state index contributed by atoms with van der Waals surface area (Å²) in [7, 11) is 0. The molecule has 7 heteroatoms. The number of aromatic amines is 1. The quantitative estimate of drug-likeness (QED) is 0.772. The lowest BCUT2D eigenvalue weighted by atomic mass is 9.87. The number of para-hydroxylation sites is 1. The second kappa shape index (κ2) is 6.35. The molecule has 1 aliphatic rings. The molecule has 122 valence electrons. The van der Waals surface area contributed by atoms with E-state index >= 15 is 0 Å². The van der Waals surface area contributed by atoms with E-state index in [1.807, 2.05) is 18.2 Å². The number of amides is 1. The van der Waals surface area contributed by atoms with Crippen molar-refractivity contribution in [2.75, 3.05) is 5.32 Å². The van der Waals surface area contributed by atoms with Crippen LogP contribution < -0.4 is 5.32 Å². The summed E-state index contributed by atoms with van der Waals surface area (Å²) in [6.45, 7) is 0. The minimum absolute atomic E-state index is 0.0379. The van der Waals surface area contributed by atoms with Crippen molar-refractivity contribution in [1.82, 2.24) is 25.4 Å². The van der Waals surface area contributed by atoms with Gasteiger partial charge >= 0.3 is 0 Å². The molecule has 1 fully saturated rings. The average Bonchev–Trinajstić information content (AvgIpc) is 3.10. The van der Waals surface area contributed by atoms with Gasteiger partial charge in [0, 0.05) is 17.7 Å². The van der Waals surface area contributed by atoms with E-state index in [1.165, 1.54) is 32.1 Å². The van der Waals surface area contributed by atoms with Crippen LogP contribution >= 0.6 is 0 Å². The molecule has 0 aliphatic heterocycles. The summed E-state index contributed by atoms with van der Waals surface area (Å²) in [4.78, 5) is 16.6. The van der Waals surface area contributed by atoms with Crippen molar-refractivity contribution in [3.63, 3.8) is 0 Å². The molecule has 4 rings (SSSR count). The van der Waals surface area contributed by atoms with Crippen molar-refractivity contribution < 1.29 is 4.79 Å². The number of hydrogen-bond donors (Lipinski definition) is 2. The largest absolute Gasteiger partial charge is 0.302 e. The number of anilines is 1. The molecule has 1 amide bonds. The van der Waals surface area contributed by atoms with E-state index in [4.69, 9.17) is 0 Å². The van der Waals surface area contributed by atoms with Crippen LogP contribution in [0.15, 0.2) is 30.3 Å². The fourth-order valence-electron chi connectivity index (χ4n) is 3.17. The molecule has 7 nitrogen and oxygen atoms in total. The zero-order valence-electron chi connectivity index (χ0n) is 13.2. The number of aromatic nitrogens is 5. The highest BCUT2D eigenvalue weighted by molar-refractivity contribution is 6.01. The molecular weight excluding hydrogens is 304 g/mol. The van der Waals surface area contributed by atoms with Gasteiger partial charge in [0.05, 0.1) is 5.52 Å². The van der Waals surface area contributed by atoms with Crippen molar-refractivity contribution in [2.45, 2.75) is 38.0 Å². The SMILES string of the molecule is O=C(Nc1cc(C2CCCCC2)[nH]n1)c1nnc2ccccc2n1. The predicted octanol–water partition coefficient (Wildman–Crippen LogP) is 3.05. The van der Waals surface area contributed by atoms with Crippen LogP contribution in [0.2, 0.25) is 0 Å². The van der Waals surface area contributed by atoms with E-state index in [1.54, 1.807) is 12.1 Å². The lowest BCUT2D eigenvalue weighted by Crippen LogP contribution is -2.16. The first-order valence-electron chi connectivity index (χ1n) is 8.26. The van der Waals surface area contributed by atoms with E-state index in [0.29, 0.717) is 22.8 Å². The lowest BCUT2D eigenvalue weighted by molar-refractivity contribution is 0.101. The maximum Gasteiger partial charge on any atom is 0.296 e. The average molecular weight is 322 g/mol. The van der Waals surface area contributed by atoms with Gasteiger partial charge in [0.1, 0.15) is 5.52 Å². The maximum absolute atomic E-state index is 12.3. The monoisotopic (exact) mass is 322 g/mol. The minimum Gasteiger partial charge on any atom is -0.302 e. The van der Waals surface area contributed by atoms with E-state index in [-0.39, 0.29) is 5.82 Å². The zero-order valence-corrected chi connectivity index (χ0v) is 13.2. The van der Waals surface area contributed by atoms with Gasteiger partial charge in [0.25, 0.3) is 5.91 Å². The molecule has 24 heavy (non-hydrogen) atoms. The van der Waals surface area contributed by atoms with Gasteiger partial charge in [-0.1, -0.05) is 31.4 Å². The van der Waals surface area contributed by atoms with E-state index < -0.39 is 5.91 Å². The Labute approximate surface area is 138 Å². The number of rotatable bonds is 3. The summed E-state index contributed by atoms with van der Waals surface area (Å²) in [5.41, 5.74) is 2.39. The third-order valence-corrected chi connectivity index (χ3v) is 4.45. The Balaban J connectivity index is 1.49. The molecule has 1 saturated carbocycles. The highest BCUT2D eigenvalue weighted by atomic mass is 16.2. The van der Waals surface area contributed by atoms with Crippen molar-refractivity contribution >= 4 is 22.8 Å². The highest BCUT2D eigenvalue weighted by Gasteiger charge is 2.19. The van der Waals surface area contributed by atoms with E-state index in [0.717, 1.165) is 5.69 Å². The number of carbonyl (C=O) groups is 1. The van der Waals surface area contributed by atoms with Gasteiger partial charge in [-0.25, -0.2) is 4.98 Å². The molecule has 0 saturated heterocycles. The molecule has 0 bridgehead atoms. The van der Waals surface area contributed by atoms with Crippen molar-refractivity contribution in [1.29, 1.82) is 0 Å².